The lowest BCUT2D eigenvalue weighted by atomic mass is 9.94. The standard InChI is InChI=1S/C7H12N2.C6H8N2/c1-7(9)4-2-6(8)3-5-7;7-5-3-1-2-4-6(5)8/h2-4H,5,8-9H2,1H3;1-4H,7-8H2. The number of rotatable bonds is 0. The van der Waals surface area contributed by atoms with Crippen molar-refractivity contribution < 1.29 is 0 Å². The van der Waals surface area contributed by atoms with Crippen LogP contribution in [0.1, 0.15) is 13.3 Å². The molecular weight excluding hydrogens is 212 g/mol. The van der Waals surface area contributed by atoms with Gasteiger partial charge in [0, 0.05) is 11.2 Å². The number of benzene rings is 1. The van der Waals surface area contributed by atoms with E-state index in [1.54, 1.807) is 12.1 Å². The second-order valence-corrected chi connectivity index (χ2v) is 4.38. The van der Waals surface area contributed by atoms with Crippen LogP contribution in [-0.2, 0) is 0 Å². The number of nitrogens with two attached hydrogens (primary N) is 4. The van der Waals surface area contributed by atoms with Crippen LogP contribution in [0.15, 0.2) is 48.2 Å². The van der Waals surface area contributed by atoms with E-state index in [0.29, 0.717) is 11.4 Å². The molecule has 1 atom stereocenters. The van der Waals surface area contributed by atoms with Crippen molar-refractivity contribution in [3.05, 3.63) is 48.2 Å². The molecule has 0 aromatic heterocycles. The van der Waals surface area contributed by atoms with Gasteiger partial charge in [0.2, 0.25) is 0 Å². The first-order valence-corrected chi connectivity index (χ1v) is 5.44. The lowest BCUT2D eigenvalue weighted by Gasteiger charge is -2.21. The fourth-order valence-corrected chi connectivity index (χ4v) is 1.27. The summed E-state index contributed by atoms with van der Waals surface area (Å²) in [6.45, 7) is 1.98. The van der Waals surface area contributed by atoms with Crippen LogP contribution in [0.25, 0.3) is 0 Å². The van der Waals surface area contributed by atoms with Crippen LogP contribution in [0.4, 0.5) is 11.4 Å². The van der Waals surface area contributed by atoms with Crippen molar-refractivity contribution in [3.8, 4) is 0 Å². The molecule has 0 saturated heterocycles. The Hall–Kier alpha value is -1.94. The van der Waals surface area contributed by atoms with Gasteiger partial charge in [0.05, 0.1) is 11.4 Å². The average molecular weight is 232 g/mol. The number of hydrogen-bond donors (Lipinski definition) is 4. The predicted octanol–water partition coefficient (Wildman–Crippen LogP) is 1.36. The molecule has 0 spiro atoms. The molecule has 0 fully saturated rings. The molecule has 0 saturated carbocycles. The highest BCUT2D eigenvalue weighted by Crippen LogP contribution is 2.14. The van der Waals surface area contributed by atoms with Crippen molar-refractivity contribution in [1.29, 1.82) is 0 Å². The number of para-hydroxylation sites is 2. The topological polar surface area (TPSA) is 104 Å². The lowest BCUT2D eigenvalue weighted by molar-refractivity contribution is 0.586. The minimum Gasteiger partial charge on any atom is -0.399 e. The summed E-state index contributed by atoms with van der Waals surface area (Å²) in [7, 11) is 0. The van der Waals surface area contributed by atoms with Crippen LogP contribution in [0.2, 0.25) is 0 Å². The summed E-state index contributed by atoms with van der Waals surface area (Å²) in [6.07, 6.45) is 6.57. The van der Waals surface area contributed by atoms with Crippen molar-refractivity contribution in [1.82, 2.24) is 0 Å². The minimum absolute atomic E-state index is 0.178. The number of allylic oxidation sites excluding steroid dienone is 1. The Morgan fingerprint density at radius 2 is 1.59 bits per heavy atom. The molecule has 4 heteroatoms. The largest absolute Gasteiger partial charge is 0.399 e. The van der Waals surface area contributed by atoms with Crippen LogP contribution in [-0.4, -0.2) is 5.54 Å². The molecule has 1 aliphatic carbocycles. The van der Waals surface area contributed by atoms with E-state index < -0.39 is 0 Å². The van der Waals surface area contributed by atoms with E-state index in [9.17, 15) is 0 Å². The molecule has 0 bridgehead atoms. The van der Waals surface area contributed by atoms with E-state index in [0.717, 1.165) is 12.1 Å². The third kappa shape index (κ3) is 4.61. The van der Waals surface area contributed by atoms with Crippen LogP contribution in [0.3, 0.4) is 0 Å². The SMILES string of the molecule is CC1(N)C=CC(N)=CC1.Nc1ccccc1N. The highest BCUT2D eigenvalue weighted by molar-refractivity contribution is 5.62. The van der Waals surface area contributed by atoms with Gasteiger partial charge in [0.1, 0.15) is 0 Å². The third-order valence-electron chi connectivity index (χ3n) is 2.43. The summed E-state index contributed by atoms with van der Waals surface area (Å²) in [5.74, 6) is 0. The van der Waals surface area contributed by atoms with E-state index in [-0.39, 0.29) is 5.54 Å². The molecule has 1 aromatic rings. The fraction of sp³-hybridized carbons (Fsp3) is 0.231. The van der Waals surface area contributed by atoms with E-state index in [2.05, 4.69) is 0 Å². The Morgan fingerprint density at radius 3 is 1.88 bits per heavy atom. The van der Waals surface area contributed by atoms with Crippen LogP contribution in [0.5, 0.6) is 0 Å². The molecular formula is C13H20N4. The molecule has 0 amide bonds. The summed E-state index contributed by atoms with van der Waals surface area (Å²) in [6, 6.07) is 7.25. The molecule has 2 rings (SSSR count). The molecule has 0 heterocycles. The van der Waals surface area contributed by atoms with Gasteiger partial charge in [-0.25, -0.2) is 0 Å². The van der Waals surface area contributed by atoms with Gasteiger partial charge in [-0.3, -0.25) is 0 Å². The fourth-order valence-electron chi connectivity index (χ4n) is 1.27. The first-order chi connectivity index (χ1) is 7.91. The van der Waals surface area contributed by atoms with Crippen molar-refractivity contribution in [2.45, 2.75) is 18.9 Å². The van der Waals surface area contributed by atoms with Crippen LogP contribution >= 0.6 is 0 Å². The van der Waals surface area contributed by atoms with E-state index >= 15 is 0 Å². The second-order valence-electron chi connectivity index (χ2n) is 4.38. The monoisotopic (exact) mass is 232 g/mol. The highest BCUT2D eigenvalue weighted by Gasteiger charge is 2.14. The number of anilines is 2. The zero-order valence-corrected chi connectivity index (χ0v) is 10.1. The minimum atomic E-state index is -0.178. The highest BCUT2D eigenvalue weighted by atomic mass is 14.7. The van der Waals surface area contributed by atoms with Crippen molar-refractivity contribution in [3.63, 3.8) is 0 Å². The molecule has 4 nitrogen and oxygen atoms in total. The van der Waals surface area contributed by atoms with Crippen molar-refractivity contribution in [2.24, 2.45) is 11.5 Å². The van der Waals surface area contributed by atoms with Gasteiger partial charge in [0.25, 0.3) is 0 Å². The van der Waals surface area contributed by atoms with E-state index in [1.165, 1.54) is 0 Å². The molecule has 0 aliphatic heterocycles. The summed E-state index contributed by atoms with van der Waals surface area (Å²) in [5, 5.41) is 0. The quantitative estimate of drug-likeness (QED) is 0.507. The van der Waals surface area contributed by atoms with Gasteiger partial charge < -0.3 is 22.9 Å². The summed E-state index contributed by atoms with van der Waals surface area (Å²) in [5.41, 5.74) is 23.9. The van der Waals surface area contributed by atoms with Gasteiger partial charge >= 0.3 is 0 Å². The molecule has 1 aromatic carbocycles. The summed E-state index contributed by atoms with van der Waals surface area (Å²) in [4.78, 5) is 0. The molecule has 0 radical (unpaired) electrons. The zero-order valence-electron chi connectivity index (χ0n) is 10.1. The molecule has 1 aliphatic rings. The van der Waals surface area contributed by atoms with Gasteiger partial charge in [-0.1, -0.05) is 24.3 Å². The molecule has 1 unspecified atom stereocenters. The van der Waals surface area contributed by atoms with Gasteiger partial charge in [0.15, 0.2) is 0 Å². The summed E-state index contributed by atoms with van der Waals surface area (Å²) < 4.78 is 0. The first kappa shape index (κ1) is 13.1. The maximum atomic E-state index is 5.75. The third-order valence-corrected chi connectivity index (χ3v) is 2.43. The first-order valence-electron chi connectivity index (χ1n) is 5.44. The van der Waals surface area contributed by atoms with Crippen LogP contribution in [0, 0.1) is 0 Å². The van der Waals surface area contributed by atoms with Gasteiger partial charge in [-0.2, -0.15) is 0 Å². The summed E-state index contributed by atoms with van der Waals surface area (Å²) >= 11 is 0. The maximum absolute atomic E-state index is 5.75. The Bertz CT molecular complexity index is 412. The molecule has 17 heavy (non-hydrogen) atoms. The number of nitrogen functional groups attached to an aromatic ring is 2. The maximum Gasteiger partial charge on any atom is 0.0547 e. The Labute approximate surface area is 102 Å². The number of hydrogen-bond acceptors (Lipinski definition) is 4. The second kappa shape index (κ2) is 5.41. The zero-order chi connectivity index (χ0) is 12.9. The smallest absolute Gasteiger partial charge is 0.0547 e. The Balaban J connectivity index is 0.000000171. The average Bonchev–Trinajstić information content (AvgIpc) is 2.28. The predicted molar refractivity (Wildman–Crippen MR) is 73.9 cm³/mol. The Morgan fingerprint density at radius 1 is 1.06 bits per heavy atom. The van der Waals surface area contributed by atoms with Gasteiger partial charge in [-0.15, -0.1) is 0 Å². The van der Waals surface area contributed by atoms with Crippen molar-refractivity contribution >= 4 is 11.4 Å². The van der Waals surface area contributed by atoms with Gasteiger partial charge in [-0.05, 0) is 31.6 Å². The van der Waals surface area contributed by atoms with Crippen LogP contribution < -0.4 is 22.9 Å². The lowest BCUT2D eigenvalue weighted by Crippen LogP contribution is -2.34. The molecule has 92 valence electrons. The van der Waals surface area contributed by atoms with E-state index in [4.69, 9.17) is 22.9 Å². The molecule has 8 N–H and O–H groups in total. The van der Waals surface area contributed by atoms with Crippen molar-refractivity contribution in [2.75, 3.05) is 11.5 Å². The van der Waals surface area contributed by atoms with E-state index in [1.807, 2.05) is 37.3 Å². The normalized spacial score (nSPS) is 22.4. The Kier molecular flexibility index (Phi) is 4.17.